The molecule has 0 saturated heterocycles. The molecule has 0 aliphatic rings. The summed E-state index contributed by atoms with van der Waals surface area (Å²) in [6, 6.07) is 15.1. The molecule has 0 atom stereocenters. The first-order valence-corrected chi connectivity index (χ1v) is 10.7. The number of amides is 2. The first-order chi connectivity index (χ1) is 13.5. The van der Waals surface area contributed by atoms with Gasteiger partial charge < -0.3 is 5.32 Å². The van der Waals surface area contributed by atoms with Crippen LogP contribution >= 0.6 is 31.9 Å². The van der Waals surface area contributed by atoms with Crippen molar-refractivity contribution < 1.29 is 9.59 Å². The molecule has 2 amide bonds. The molecule has 0 aromatic heterocycles. The number of unbranched alkanes of at least 4 members (excludes halogenated alkanes) is 2. The normalized spacial score (nSPS) is 11.2. The highest BCUT2D eigenvalue weighted by Gasteiger charge is 2.08. The van der Waals surface area contributed by atoms with E-state index in [1.54, 1.807) is 6.07 Å². The molecule has 0 aliphatic heterocycles. The lowest BCUT2D eigenvalue weighted by atomic mass is 10.1. The Hall–Kier alpha value is -1.99. The molecule has 0 unspecified atom stereocenters. The fourth-order valence-electron chi connectivity index (χ4n) is 2.49. The first-order valence-electron chi connectivity index (χ1n) is 9.09. The van der Waals surface area contributed by atoms with Crippen LogP contribution in [0.2, 0.25) is 0 Å². The van der Waals surface area contributed by atoms with Gasteiger partial charge in [0.15, 0.2) is 0 Å². The van der Waals surface area contributed by atoms with E-state index in [4.69, 9.17) is 0 Å². The van der Waals surface area contributed by atoms with Crippen LogP contribution in [-0.2, 0) is 4.79 Å². The van der Waals surface area contributed by atoms with E-state index >= 15 is 0 Å². The number of halogens is 2. The van der Waals surface area contributed by atoms with Crippen molar-refractivity contribution in [1.82, 2.24) is 10.7 Å². The maximum absolute atomic E-state index is 12.1. The second kappa shape index (κ2) is 11.8. The van der Waals surface area contributed by atoms with Crippen molar-refractivity contribution in [3.05, 3.63) is 68.6 Å². The van der Waals surface area contributed by atoms with Crippen LogP contribution in [0.1, 0.15) is 48.5 Å². The van der Waals surface area contributed by atoms with Crippen LogP contribution in [0.3, 0.4) is 0 Å². The van der Waals surface area contributed by atoms with Crippen molar-refractivity contribution in [3.63, 3.8) is 0 Å². The number of nitrogens with zero attached hydrogens (tertiary/aromatic N) is 1. The van der Waals surface area contributed by atoms with Crippen molar-refractivity contribution in [3.8, 4) is 0 Å². The molecule has 0 spiro atoms. The minimum atomic E-state index is -0.103. The fourth-order valence-corrected chi connectivity index (χ4v) is 3.22. The summed E-state index contributed by atoms with van der Waals surface area (Å²) in [4.78, 5) is 24.0. The quantitative estimate of drug-likeness (QED) is 0.283. The molecule has 0 radical (unpaired) electrons. The minimum Gasteiger partial charge on any atom is -0.352 e. The van der Waals surface area contributed by atoms with E-state index in [1.165, 1.54) is 0 Å². The van der Waals surface area contributed by atoms with Gasteiger partial charge in [-0.1, -0.05) is 46.6 Å². The second-order valence-corrected chi connectivity index (χ2v) is 8.06. The van der Waals surface area contributed by atoms with Crippen LogP contribution in [0, 0.1) is 0 Å². The molecule has 148 valence electrons. The number of hydrazone groups is 1. The first kappa shape index (κ1) is 22.3. The van der Waals surface area contributed by atoms with E-state index in [2.05, 4.69) is 47.7 Å². The zero-order valence-corrected chi connectivity index (χ0v) is 18.8. The molecule has 0 saturated carbocycles. The molecule has 0 heterocycles. The van der Waals surface area contributed by atoms with Crippen LogP contribution in [0.25, 0.3) is 0 Å². The predicted octanol–water partition coefficient (Wildman–Crippen LogP) is 5.04. The molecule has 2 aromatic rings. The third-order valence-electron chi connectivity index (χ3n) is 4.09. The summed E-state index contributed by atoms with van der Waals surface area (Å²) in [5, 5.41) is 7.04. The zero-order valence-electron chi connectivity index (χ0n) is 15.7. The summed E-state index contributed by atoms with van der Waals surface area (Å²) in [6.45, 7) is 2.44. The van der Waals surface area contributed by atoms with Gasteiger partial charge in [-0.2, -0.15) is 5.10 Å². The Balaban J connectivity index is 1.61. The Bertz CT molecular complexity index is 836. The van der Waals surface area contributed by atoms with Crippen molar-refractivity contribution in [1.29, 1.82) is 0 Å². The van der Waals surface area contributed by atoms with Crippen LogP contribution in [0.15, 0.2) is 62.6 Å². The molecule has 0 fully saturated rings. The van der Waals surface area contributed by atoms with Crippen molar-refractivity contribution in [2.24, 2.45) is 5.10 Å². The van der Waals surface area contributed by atoms with Gasteiger partial charge in [0, 0.05) is 21.9 Å². The van der Waals surface area contributed by atoms with E-state index in [0.717, 1.165) is 39.5 Å². The summed E-state index contributed by atoms with van der Waals surface area (Å²) in [5.41, 5.74) is 4.94. The van der Waals surface area contributed by atoms with Gasteiger partial charge in [0.05, 0.1) is 11.3 Å². The lowest BCUT2D eigenvalue weighted by Crippen LogP contribution is -2.24. The Kier molecular flexibility index (Phi) is 9.37. The number of hydrogen-bond acceptors (Lipinski definition) is 3. The molecule has 2 N–H and O–H groups in total. The average Bonchev–Trinajstić information content (AvgIpc) is 2.69. The highest BCUT2D eigenvalue weighted by atomic mass is 79.9. The van der Waals surface area contributed by atoms with Gasteiger partial charge in [0.25, 0.3) is 5.91 Å². The minimum absolute atomic E-state index is 0.0945. The second-order valence-electron chi connectivity index (χ2n) is 6.29. The van der Waals surface area contributed by atoms with Crippen molar-refractivity contribution in [2.75, 3.05) is 6.54 Å². The van der Waals surface area contributed by atoms with E-state index in [9.17, 15) is 9.59 Å². The Labute approximate surface area is 182 Å². The summed E-state index contributed by atoms with van der Waals surface area (Å²) in [5.74, 6) is -0.198. The molecule has 2 rings (SSSR count). The molecule has 0 aliphatic carbocycles. The summed E-state index contributed by atoms with van der Waals surface area (Å²) in [6.07, 6.45) is 2.85. The summed E-state index contributed by atoms with van der Waals surface area (Å²) in [7, 11) is 0. The molecular formula is C21H23Br2N3O2. The summed E-state index contributed by atoms with van der Waals surface area (Å²) < 4.78 is 1.78. The highest BCUT2D eigenvalue weighted by molar-refractivity contribution is 9.10. The number of rotatable bonds is 9. The number of nitrogens with one attached hydrogen (secondary N) is 2. The molecule has 7 heteroatoms. The SMILES string of the molecule is CC(=NNC(=O)CCCCCNC(=O)c1ccccc1Br)c1ccc(Br)cc1. The number of carbonyl (C=O) groups excluding carboxylic acids is 2. The molecule has 28 heavy (non-hydrogen) atoms. The zero-order chi connectivity index (χ0) is 20.4. The standard InChI is InChI=1S/C21H23Br2N3O2/c1-15(16-10-12-17(22)13-11-16)25-26-20(27)9-3-2-6-14-24-21(28)18-7-4-5-8-19(18)23/h4-5,7-8,10-13H,2-3,6,9,14H2,1H3,(H,24,28)(H,26,27). The topological polar surface area (TPSA) is 70.6 Å². The van der Waals surface area contributed by atoms with Gasteiger partial charge in [-0.05, 0) is 65.5 Å². The van der Waals surface area contributed by atoms with E-state index in [-0.39, 0.29) is 11.8 Å². The van der Waals surface area contributed by atoms with Crippen LogP contribution in [-0.4, -0.2) is 24.1 Å². The third kappa shape index (κ3) is 7.56. The molecule has 0 bridgehead atoms. The number of carbonyl (C=O) groups is 2. The Morgan fingerprint density at radius 2 is 1.68 bits per heavy atom. The van der Waals surface area contributed by atoms with Gasteiger partial charge >= 0.3 is 0 Å². The van der Waals surface area contributed by atoms with Gasteiger partial charge in [0.2, 0.25) is 5.91 Å². The lowest BCUT2D eigenvalue weighted by Gasteiger charge is -2.07. The van der Waals surface area contributed by atoms with Crippen molar-refractivity contribution >= 4 is 49.4 Å². The predicted molar refractivity (Wildman–Crippen MR) is 119 cm³/mol. The van der Waals surface area contributed by atoms with Crippen LogP contribution < -0.4 is 10.7 Å². The van der Waals surface area contributed by atoms with Gasteiger partial charge in [0.1, 0.15) is 0 Å². The highest BCUT2D eigenvalue weighted by Crippen LogP contribution is 2.15. The van der Waals surface area contributed by atoms with Gasteiger partial charge in [-0.15, -0.1) is 0 Å². The number of hydrogen-bond donors (Lipinski definition) is 2. The maximum Gasteiger partial charge on any atom is 0.252 e. The van der Waals surface area contributed by atoms with E-state index in [1.807, 2.05) is 49.4 Å². The lowest BCUT2D eigenvalue weighted by molar-refractivity contribution is -0.121. The average molecular weight is 509 g/mol. The van der Waals surface area contributed by atoms with Crippen LogP contribution in [0.5, 0.6) is 0 Å². The van der Waals surface area contributed by atoms with Crippen molar-refractivity contribution in [2.45, 2.75) is 32.6 Å². The fraction of sp³-hybridized carbons (Fsp3) is 0.286. The van der Waals surface area contributed by atoms with Gasteiger partial charge in [-0.25, -0.2) is 5.43 Å². The maximum atomic E-state index is 12.1. The van der Waals surface area contributed by atoms with Gasteiger partial charge in [-0.3, -0.25) is 9.59 Å². The van der Waals surface area contributed by atoms with Crippen LogP contribution in [0.4, 0.5) is 0 Å². The smallest absolute Gasteiger partial charge is 0.252 e. The third-order valence-corrected chi connectivity index (χ3v) is 5.32. The Morgan fingerprint density at radius 1 is 0.964 bits per heavy atom. The van der Waals surface area contributed by atoms with E-state index < -0.39 is 0 Å². The Morgan fingerprint density at radius 3 is 2.39 bits per heavy atom. The van der Waals surface area contributed by atoms with E-state index in [0.29, 0.717) is 18.5 Å². The largest absolute Gasteiger partial charge is 0.352 e. The molecular weight excluding hydrogens is 486 g/mol. The monoisotopic (exact) mass is 507 g/mol. The summed E-state index contributed by atoms with van der Waals surface area (Å²) >= 11 is 6.76. The number of benzene rings is 2. The molecule has 5 nitrogen and oxygen atoms in total. The molecule has 2 aromatic carbocycles.